The highest BCUT2D eigenvalue weighted by Crippen LogP contribution is 2.38. The van der Waals surface area contributed by atoms with Crippen LogP contribution in [0.3, 0.4) is 0 Å². The molecule has 5 nitrogen and oxygen atoms in total. The van der Waals surface area contributed by atoms with Crippen LogP contribution in [0.15, 0.2) is 150 Å². The molecule has 0 radical (unpaired) electrons. The van der Waals surface area contributed by atoms with Gasteiger partial charge in [-0.1, -0.05) is 115 Å². The number of furan rings is 1. The number of aromatic nitrogens is 4. The molecular weight excluding hydrogens is 552 g/mol. The highest BCUT2D eigenvalue weighted by atomic mass is 16.3. The molecule has 0 fully saturated rings. The van der Waals surface area contributed by atoms with Gasteiger partial charge in [-0.25, -0.2) is 15.0 Å². The highest BCUT2D eigenvalue weighted by molar-refractivity contribution is 6.17. The van der Waals surface area contributed by atoms with Gasteiger partial charge in [0.15, 0.2) is 23.1 Å². The third-order valence-corrected chi connectivity index (χ3v) is 8.37. The molecule has 3 heterocycles. The van der Waals surface area contributed by atoms with Gasteiger partial charge in [0.25, 0.3) is 0 Å². The fraction of sp³-hybridized carbons (Fsp3) is 0. The van der Waals surface area contributed by atoms with Gasteiger partial charge in [0.05, 0.1) is 0 Å². The Kier molecular flexibility index (Phi) is 5.74. The fourth-order valence-electron chi connectivity index (χ4n) is 6.13. The Hall–Kier alpha value is -6.20. The molecule has 3 aromatic heterocycles. The van der Waals surface area contributed by atoms with Crippen LogP contribution in [0.25, 0.3) is 88.9 Å². The Labute approximate surface area is 258 Å². The van der Waals surface area contributed by atoms with Crippen LogP contribution in [0.2, 0.25) is 0 Å². The molecule has 5 heteroatoms. The number of pyridine rings is 1. The van der Waals surface area contributed by atoms with Gasteiger partial charge in [-0.15, -0.1) is 0 Å². The maximum atomic E-state index is 6.41. The summed E-state index contributed by atoms with van der Waals surface area (Å²) in [7, 11) is 0. The molecule has 0 aliphatic rings. The third-order valence-electron chi connectivity index (χ3n) is 8.37. The standard InChI is InChI=1S/C40H24N4O/c1-2-9-28(10-3-1)38-42-39(29-18-15-26(16-19-29)31-20-17-25-8-4-5-11-30(25)24-31)44-40(43-38)32-13-6-12-27-21-22-33-36-34(14-7-23-41-36)45-37(33)35(27)32/h1-24H. The lowest BCUT2D eigenvalue weighted by molar-refractivity contribution is 0.672. The minimum atomic E-state index is 0.587. The predicted molar refractivity (Wildman–Crippen MR) is 182 cm³/mol. The lowest BCUT2D eigenvalue weighted by Gasteiger charge is -2.11. The Morgan fingerprint density at radius 2 is 1.11 bits per heavy atom. The number of benzene rings is 6. The maximum absolute atomic E-state index is 6.41. The van der Waals surface area contributed by atoms with Crippen molar-refractivity contribution in [2.24, 2.45) is 0 Å². The van der Waals surface area contributed by atoms with Crippen molar-refractivity contribution in [2.75, 3.05) is 0 Å². The number of hydrogen-bond donors (Lipinski definition) is 0. The van der Waals surface area contributed by atoms with Crippen LogP contribution in [-0.2, 0) is 0 Å². The number of nitrogens with zero attached hydrogens (tertiary/aromatic N) is 4. The lowest BCUT2D eigenvalue weighted by atomic mass is 10.00. The molecule has 6 aromatic carbocycles. The molecule has 0 saturated heterocycles. The van der Waals surface area contributed by atoms with Gasteiger partial charge in [-0.3, -0.25) is 4.98 Å². The number of hydrogen-bond acceptors (Lipinski definition) is 5. The van der Waals surface area contributed by atoms with Crippen LogP contribution in [0, 0.1) is 0 Å². The van der Waals surface area contributed by atoms with Gasteiger partial charge in [0.1, 0.15) is 11.1 Å². The minimum absolute atomic E-state index is 0.587. The summed E-state index contributed by atoms with van der Waals surface area (Å²) >= 11 is 0. The quantitative estimate of drug-likeness (QED) is 0.209. The zero-order chi connectivity index (χ0) is 29.7. The van der Waals surface area contributed by atoms with Crippen molar-refractivity contribution in [3.8, 4) is 45.3 Å². The summed E-state index contributed by atoms with van der Waals surface area (Å²) in [5.41, 5.74) is 7.40. The molecule has 0 amide bonds. The summed E-state index contributed by atoms with van der Waals surface area (Å²) in [6, 6.07) is 47.7. The second-order valence-electron chi connectivity index (χ2n) is 11.1. The summed E-state index contributed by atoms with van der Waals surface area (Å²) in [6.45, 7) is 0. The zero-order valence-corrected chi connectivity index (χ0v) is 24.1. The Bertz CT molecular complexity index is 2540. The van der Waals surface area contributed by atoms with Gasteiger partial charge in [0.2, 0.25) is 0 Å². The van der Waals surface area contributed by atoms with Crippen LogP contribution in [0.5, 0.6) is 0 Å². The Morgan fingerprint density at radius 1 is 0.444 bits per heavy atom. The molecule has 0 aliphatic carbocycles. The van der Waals surface area contributed by atoms with E-state index in [4.69, 9.17) is 19.4 Å². The predicted octanol–water partition coefficient (Wildman–Crippen LogP) is 10.1. The van der Waals surface area contributed by atoms with E-state index >= 15 is 0 Å². The third kappa shape index (κ3) is 4.33. The first-order valence-electron chi connectivity index (χ1n) is 14.9. The monoisotopic (exact) mass is 576 g/mol. The second kappa shape index (κ2) is 10.2. The summed E-state index contributed by atoms with van der Waals surface area (Å²) in [5, 5.41) is 5.41. The highest BCUT2D eigenvalue weighted by Gasteiger charge is 2.18. The zero-order valence-electron chi connectivity index (χ0n) is 24.1. The van der Waals surface area contributed by atoms with Gasteiger partial charge in [0, 0.05) is 33.7 Å². The molecule has 45 heavy (non-hydrogen) atoms. The van der Waals surface area contributed by atoms with E-state index in [9.17, 15) is 0 Å². The smallest absolute Gasteiger partial charge is 0.164 e. The molecule has 210 valence electrons. The van der Waals surface area contributed by atoms with Crippen molar-refractivity contribution in [1.29, 1.82) is 0 Å². The summed E-state index contributed by atoms with van der Waals surface area (Å²) in [6.07, 6.45) is 1.79. The second-order valence-corrected chi connectivity index (χ2v) is 11.1. The van der Waals surface area contributed by atoms with E-state index in [1.54, 1.807) is 6.20 Å². The summed E-state index contributed by atoms with van der Waals surface area (Å²) < 4.78 is 6.41. The van der Waals surface area contributed by atoms with Gasteiger partial charge in [-0.05, 0) is 51.6 Å². The maximum Gasteiger partial charge on any atom is 0.164 e. The Morgan fingerprint density at radius 3 is 1.96 bits per heavy atom. The van der Waals surface area contributed by atoms with Crippen LogP contribution < -0.4 is 0 Å². The van der Waals surface area contributed by atoms with Gasteiger partial charge < -0.3 is 4.42 Å². The molecule has 9 rings (SSSR count). The molecular formula is C40H24N4O. The normalized spacial score (nSPS) is 11.6. The molecule has 0 aliphatic heterocycles. The van der Waals surface area contributed by atoms with Crippen LogP contribution >= 0.6 is 0 Å². The first kappa shape index (κ1) is 25.3. The van der Waals surface area contributed by atoms with E-state index in [1.807, 2.05) is 48.5 Å². The molecule has 0 N–H and O–H groups in total. The van der Waals surface area contributed by atoms with E-state index in [0.717, 1.165) is 55.1 Å². The molecule has 0 unspecified atom stereocenters. The van der Waals surface area contributed by atoms with E-state index in [-0.39, 0.29) is 0 Å². The Balaban J connectivity index is 1.22. The topological polar surface area (TPSA) is 64.7 Å². The molecule has 0 bridgehead atoms. The van der Waals surface area contributed by atoms with Crippen molar-refractivity contribution in [2.45, 2.75) is 0 Å². The van der Waals surface area contributed by atoms with Crippen molar-refractivity contribution >= 4 is 43.6 Å². The average molecular weight is 577 g/mol. The number of rotatable bonds is 4. The molecule has 0 atom stereocenters. The van der Waals surface area contributed by atoms with E-state index in [1.165, 1.54) is 16.3 Å². The average Bonchev–Trinajstić information content (AvgIpc) is 3.50. The van der Waals surface area contributed by atoms with Gasteiger partial charge in [-0.2, -0.15) is 0 Å². The van der Waals surface area contributed by atoms with Crippen molar-refractivity contribution in [1.82, 2.24) is 19.9 Å². The first-order valence-corrected chi connectivity index (χ1v) is 14.9. The van der Waals surface area contributed by atoms with Crippen molar-refractivity contribution in [3.63, 3.8) is 0 Å². The minimum Gasteiger partial charge on any atom is -0.454 e. The van der Waals surface area contributed by atoms with Crippen molar-refractivity contribution < 1.29 is 4.42 Å². The van der Waals surface area contributed by atoms with Crippen LogP contribution in [0.4, 0.5) is 0 Å². The summed E-state index contributed by atoms with van der Waals surface area (Å²) in [4.78, 5) is 19.7. The molecule has 9 aromatic rings. The number of fused-ring (bicyclic) bond motifs is 6. The fourth-order valence-corrected chi connectivity index (χ4v) is 6.13. The first-order chi connectivity index (χ1) is 22.3. The molecule has 0 saturated carbocycles. The largest absolute Gasteiger partial charge is 0.454 e. The van der Waals surface area contributed by atoms with Gasteiger partial charge >= 0.3 is 0 Å². The van der Waals surface area contributed by atoms with E-state index < -0.39 is 0 Å². The molecule has 0 spiro atoms. The summed E-state index contributed by atoms with van der Waals surface area (Å²) in [5.74, 6) is 1.81. The van der Waals surface area contributed by atoms with Crippen LogP contribution in [0.1, 0.15) is 0 Å². The van der Waals surface area contributed by atoms with E-state index in [2.05, 4.69) is 96.0 Å². The van der Waals surface area contributed by atoms with E-state index in [0.29, 0.717) is 17.5 Å². The lowest BCUT2D eigenvalue weighted by Crippen LogP contribution is -2.00. The SMILES string of the molecule is c1ccc(-c2nc(-c3ccc(-c4ccc5ccccc5c4)cc3)nc(-c3cccc4ccc5c6ncccc6oc5c34)n2)cc1. The van der Waals surface area contributed by atoms with Crippen LogP contribution in [-0.4, -0.2) is 19.9 Å². The van der Waals surface area contributed by atoms with Crippen molar-refractivity contribution in [3.05, 3.63) is 146 Å².